The zero-order valence-electron chi connectivity index (χ0n) is 28.6. The summed E-state index contributed by atoms with van der Waals surface area (Å²) in [6.45, 7) is 13.5. The van der Waals surface area contributed by atoms with Gasteiger partial charge in [-0.05, 0) is 102 Å². The summed E-state index contributed by atoms with van der Waals surface area (Å²) >= 11 is 0. The Hall–Kier alpha value is -3.93. The van der Waals surface area contributed by atoms with Gasteiger partial charge in [0, 0.05) is 36.4 Å². The highest BCUT2D eigenvalue weighted by Crippen LogP contribution is 2.45. The summed E-state index contributed by atoms with van der Waals surface area (Å²) in [5, 5.41) is 12.0. The Morgan fingerprint density at radius 1 is 0.958 bits per heavy atom. The van der Waals surface area contributed by atoms with Crippen LogP contribution in [0.15, 0.2) is 77.7 Å². The number of fused-ring (bicyclic) bond motifs is 2. The minimum atomic E-state index is -3.79. The van der Waals surface area contributed by atoms with Crippen molar-refractivity contribution in [2.24, 2.45) is 5.92 Å². The number of sulfonamides is 1. The third-order valence-corrected chi connectivity index (χ3v) is 11.0. The average Bonchev–Trinajstić information content (AvgIpc) is 3.54. The molecule has 10 nitrogen and oxygen atoms in total. The van der Waals surface area contributed by atoms with Gasteiger partial charge in [-0.3, -0.25) is 4.79 Å². The van der Waals surface area contributed by atoms with Crippen LogP contribution in [-0.4, -0.2) is 67.2 Å². The molecule has 2 fully saturated rings. The van der Waals surface area contributed by atoms with Gasteiger partial charge in [-0.1, -0.05) is 42.5 Å². The number of benzene rings is 3. The second-order valence-electron chi connectivity index (χ2n) is 15.2. The number of para-hydroxylation sites is 1. The van der Waals surface area contributed by atoms with Crippen LogP contribution in [0, 0.1) is 5.92 Å². The summed E-state index contributed by atoms with van der Waals surface area (Å²) in [6.07, 6.45) is 1.79. The van der Waals surface area contributed by atoms with Crippen LogP contribution in [0.4, 0.5) is 16.2 Å². The number of ether oxygens (including phenoxy) is 1. The molecule has 11 heteroatoms. The number of piperidine rings is 1. The van der Waals surface area contributed by atoms with E-state index in [1.54, 1.807) is 37.8 Å². The van der Waals surface area contributed by atoms with Crippen molar-refractivity contribution in [1.82, 2.24) is 9.62 Å². The number of likely N-dealkylation sites (tertiary alicyclic amines) is 1. The maximum atomic E-state index is 14.0. The summed E-state index contributed by atoms with van der Waals surface area (Å²) in [5.41, 5.74) is 0.124. The molecule has 3 aliphatic rings. The lowest BCUT2D eigenvalue weighted by Crippen LogP contribution is -2.50. The minimum absolute atomic E-state index is 0.0512. The third kappa shape index (κ3) is 6.55. The van der Waals surface area contributed by atoms with E-state index in [-0.39, 0.29) is 23.6 Å². The van der Waals surface area contributed by atoms with Gasteiger partial charge in [0.25, 0.3) is 5.91 Å². The average molecular weight is 675 g/mol. The molecule has 0 radical (unpaired) electrons. The summed E-state index contributed by atoms with van der Waals surface area (Å²) in [7, 11) is -3.79. The Morgan fingerprint density at radius 2 is 1.62 bits per heavy atom. The lowest BCUT2D eigenvalue weighted by atomic mass is 9.87. The predicted octanol–water partition coefficient (Wildman–Crippen LogP) is 5.38. The third-order valence-electron chi connectivity index (χ3n) is 9.21. The van der Waals surface area contributed by atoms with Crippen LogP contribution in [0.25, 0.3) is 0 Å². The summed E-state index contributed by atoms with van der Waals surface area (Å²) in [5.74, 6) is -0.117. The molecule has 6 rings (SSSR count). The van der Waals surface area contributed by atoms with Crippen molar-refractivity contribution in [3.05, 3.63) is 89.5 Å². The van der Waals surface area contributed by atoms with Gasteiger partial charge in [0.15, 0.2) is 5.60 Å². The summed E-state index contributed by atoms with van der Waals surface area (Å²) < 4.78 is 34.1. The number of hydrogen-bond donors (Lipinski definition) is 2. The first-order chi connectivity index (χ1) is 22.5. The molecule has 0 spiro atoms. The van der Waals surface area contributed by atoms with E-state index in [0.29, 0.717) is 29.3 Å². The monoisotopic (exact) mass is 674 g/mol. The van der Waals surface area contributed by atoms with Crippen LogP contribution in [0.3, 0.4) is 0 Å². The summed E-state index contributed by atoms with van der Waals surface area (Å²) in [6, 6.07) is 21.2. The quantitative estimate of drug-likeness (QED) is 0.360. The largest absolute Gasteiger partial charge is 0.444 e. The molecular weight excluding hydrogens is 628 g/mol. The van der Waals surface area contributed by atoms with Crippen LogP contribution in [0.2, 0.25) is 0 Å². The van der Waals surface area contributed by atoms with Gasteiger partial charge in [-0.25, -0.2) is 17.9 Å². The molecule has 0 bridgehead atoms. The van der Waals surface area contributed by atoms with E-state index in [1.165, 1.54) is 24.3 Å². The van der Waals surface area contributed by atoms with Crippen molar-refractivity contribution in [2.75, 3.05) is 29.4 Å². The van der Waals surface area contributed by atoms with Gasteiger partial charge in [0.1, 0.15) is 5.60 Å². The fourth-order valence-corrected chi connectivity index (χ4v) is 8.56. The van der Waals surface area contributed by atoms with E-state index in [9.17, 15) is 23.1 Å². The number of hydrogen-bond acceptors (Lipinski definition) is 7. The van der Waals surface area contributed by atoms with Crippen LogP contribution >= 0.6 is 0 Å². The van der Waals surface area contributed by atoms with E-state index in [0.717, 1.165) is 37.2 Å². The van der Waals surface area contributed by atoms with Crippen molar-refractivity contribution in [3.8, 4) is 0 Å². The Balaban J connectivity index is 1.19. The van der Waals surface area contributed by atoms with E-state index < -0.39 is 32.7 Å². The number of nitrogens with zero attached hydrogens (tertiary/aromatic N) is 3. The lowest BCUT2D eigenvalue weighted by molar-refractivity contribution is -0.132. The van der Waals surface area contributed by atoms with Crippen molar-refractivity contribution in [3.63, 3.8) is 0 Å². The van der Waals surface area contributed by atoms with E-state index in [4.69, 9.17) is 4.74 Å². The molecule has 48 heavy (non-hydrogen) atoms. The molecule has 3 aromatic carbocycles. The zero-order chi connectivity index (χ0) is 34.6. The normalized spacial score (nSPS) is 22.9. The fourth-order valence-electron chi connectivity index (χ4n) is 7.14. The number of anilines is 2. The number of amides is 2. The van der Waals surface area contributed by atoms with Gasteiger partial charge in [-0.2, -0.15) is 0 Å². The Kier molecular flexibility index (Phi) is 8.62. The number of rotatable bonds is 6. The topological polar surface area (TPSA) is 119 Å². The van der Waals surface area contributed by atoms with Crippen molar-refractivity contribution >= 4 is 33.4 Å². The van der Waals surface area contributed by atoms with E-state index in [1.807, 2.05) is 62.1 Å². The first-order valence-corrected chi connectivity index (χ1v) is 18.1. The Labute approximate surface area is 283 Å². The number of nitrogens with one attached hydrogen (secondary N) is 1. The molecule has 3 atom stereocenters. The second-order valence-corrected chi connectivity index (χ2v) is 16.9. The van der Waals surface area contributed by atoms with Gasteiger partial charge < -0.3 is 24.5 Å². The summed E-state index contributed by atoms with van der Waals surface area (Å²) in [4.78, 5) is 32.9. The van der Waals surface area contributed by atoms with Crippen molar-refractivity contribution < 1.29 is 27.9 Å². The number of aliphatic hydroxyl groups is 1. The standard InChI is InChI=1S/C37H46N4O6S/c1-35(2,3)38-48(45,46)29-19-15-27(16-20-29)37(44)30-11-7-8-12-31(30)41(33(37)42)22-25-13-17-28(18-14-25)39-23-26-10-9-21-40(32(26)24-39)34(43)47-36(4,5)6/h7-8,11-20,26,32,38,44H,9-10,21-24H2,1-6H3. The highest BCUT2D eigenvalue weighted by molar-refractivity contribution is 7.89. The molecule has 0 aliphatic carbocycles. The molecule has 256 valence electrons. The highest BCUT2D eigenvalue weighted by atomic mass is 32.2. The van der Waals surface area contributed by atoms with E-state index in [2.05, 4.69) is 9.62 Å². The van der Waals surface area contributed by atoms with Crippen molar-refractivity contribution in [2.45, 2.75) is 88.6 Å². The molecule has 3 unspecified atom stereocenters. The molecule has 3 aromatic rings. The minimum Gasteiger partial charge on any atom is -0.444 e. The van der Waals surface area contributed by atoms with Crippen LogP contribution in [0.5, 0.6) is 0 Å². The number of carbonyl (C=O) groups excluding carboxylic acids is 2. The fraction of sp³-hybridized carbons (Fsp3) is 0.459. The zero-order valence-corrected chi connectivity index (χ0v) is 29.4. The molecule has 0 saturated carbocycles. The number of carbonyl (C=O) groups is 2. The predicted molar refractivity (Wildman–Crippen MR) is 185 cm³/mol. The lowest BCUT2D eigenvalue weighted by Gasteiger charge is -2.37. The molecular formula is C37H46N4O6S. The first-order valence-electron chi connectivity index (χ1n) is 16.6. The van der Waals surface area contributed by atoms with Crippen LogP contribution < -0.4 is 14.5 Å². The molecule has 2 amide bonds. The second kappa shape index (κ2) is 12.2. The maximum Gasteiger partial charge on any atom is 0.410 e. The smallest absolute Gasteiger partial charge is 0.410 e. The SMILES string of the molecule is CC(C)(C)NS(=O)(=O)c1ccc(C2(O)C(=O)N(Cc3ccc(N4CC5CCCN(C(=O)OC(C)(C)C)C5C4)cc3)c3ccccc32)cc1. The van der Waals surface area contributed by atoms with Crippen LogP contribution in [0.1, 0.15) is 71.1 Å². The first kappa shape index (κ1) is 34.0. The van der Waals surface area contributed by atoms with Gasteiger partial charge in [0.05, 0.1) is 23.2 Å². The Morgan fingerprint density at radius 3 is 2.27 bits per heavy atom. The molecule has 3 heterocycles. The van der Waals surface area contributed by atoms with Crippen molar-refractivity contribution in [1.29, 1.82) is 0 Å². The molecule has 3 aliphatic heterocycles. The van der Waals surface area contributed by atoms with Gasteiger partial charge in [0.2, 0.25) is 10.0 Å². The van der Waals surface area contributed by atoms with Crippen LogP contribution in [-0.2, 0) is 31.7 Å². The van der Waals surface area contributed by atoms with Gasteiger partial charge >= 0.3 is 6.09 Å². The molecule has 2 N–H and O–H groups in total. The molecule has 0 aromatic heterocycles. The molecule has 2 saturated heterocycles. The Bertz CT molecular complexity index is 1800. The van der Waals surface area contributed by atoms with Gasteiger partial charge in [-0.15, -0.1) is 0 Å². The van der Waals surface area contributed by atoms with E-state index >= 15 is 0 Å². The highest BCUT2D eigenvalue weighted by Gasteiger charge is 2.51. The maximum absolute atomic E-state index is 14.0.